The smallest absolute Gasteiger partial charge is 0.123 e. The molecule has 0 N–H and O–H groups in total. The molecule has 98 valence electrons. The van der Waals surface area contributed by atoms with Gasteiger partial charge in [0.15, 0.2) is 0 Å². The quantitative estimate of drug-likeness (QED) is 0.844. The Balaban J connectivity index is 2.38. The van der Waals surface area contributed by atoms with E-state index < -0.39 is 0 Å². The van der Waals surface area contributed by atoms with E-state index in [0.29, 0.717) is 17.7 Å². The van der Waals surface area contributed by atoms with Crippen molar-refractivity contribution >= 4 is 0 Å². The third-order valence-corrected chi connectivity index (χ3v) is 3.15. The number of nitrogens with zero attached hydrogens (tertiary/aromatic N) is 3. The van der Waals surface area contributed by atoms with E-state index in [1.165, 1.54) is 18.2 Å². The molecule has 0 aliphatic heterocycles. The second kappa shape index (κ2) is 5.66. The van der Waals surface area contributed by atoms with Gasteiger partial charge in [-0.2, -0.15) is 10.4 Å². The summed E-state index contributed by atoms with van der Waals surface area (Å²) in [6, 6.07) is 8.39. The standard InChI is InChI=1S/C15H16FN3/c1-3-14-8-15(4-2)19(18-14)10-12-7-13(16)6-5-11(12)9-17/h5-8H,3-4,10H2,1-2H3. The van der Waals surface area contributed by atoms with Crippen molar-refractivity contribution in [1.29, 1.82) is 5.26 Å². The van der Waals surface area contributed by atoms with Gasteiger partial charge in [-0.05, 0) is 42.7 Å². The van der Waals surface area contributed by atoms with Crippen LogP contribution in [0.25, 0.3) is 0 Å². The minimum atomic E-state index is -0.324. The van der Waals surface area contributed by atoms with Crippen LogP contribution in [0.15, 0.2) is 24.3 Å². The average Bonchev–Trinajstić information content (AvgIpc) is 2.81. The molecule has 0 spiro atoms. The maximum Gasteiger partial charge on any atom is 0.123 e. The van der Waals surface area contributed by atoms with Crippen molar-refractivity contribution in [3.8, 4) is 6.07 Å². The van der Waals surface area contributed by atoms with E-state index in [1.807, 2.05) is 4.68 Å². The molecule has 0 saturated heterocycles. The number of halogens is 1. The molecule has 0 amide bonds. The highest BCUT2D eigenvalue weighted by Crippen LogP contribution is 2.14. The van der Waals surface area contributed by atoms with Gasteiger partial charge < -0.3 is 0 Å². The predicted molar refractivity (Wildman–Crippen MR) is 71.2 cm³/mol. The van der Waals surface area contributed by atoms with Crippen LogP contribution in [0, 0.1) is 17.1 Å². The van der Waals surface area contributed by atoms with Gasteiger partial charge in [0.25, 0.3) is 0 Å². The third-order valence-electron chi connectivity index (χ3n) is 3.15. The minimum Gasteiger partial charge on any atom is -0.265 e. The third kappa shape index (κ3) is 2.82. The summed E-state index contributed by atoms with van der Waals surface area (Å²) < 4.78 is 15.2. The van der Waals surface area contributed by atoms with Crippen molar-refractivity contribution in [3.63, 3.8) is 0 Å². The number of nitriles is 1. The monoisotopic (exact) mass is 257 g/mol. The summed E-state index contributed by atoms with van der Waals surface area (Å²) >= 11 is 0. The Morgan fingerprint density at radius 2 is 2.05 bits per heavy atom. The Morgan fingerprint density at radius 3 is 2.68 bits per heavy atom. The molecule has 1 heterocycles. The molecule has 0 unspecified atom stereocenters. The molecular formula is C15H16FN3. The van der Waals surface area contributed by atoms with Crippen LogP contribution in [0.4, 0.5) is 4.39 Å². The molecule has 0 aliphatic rings. The largest absolute Gasteiger partial charge is 0.265 e. The Morgan fingerprint density at radius 1 is 1.26 bits per heavy atom. The molecule has 2 aromatic rings. The summed E-state index contributed by atoms with van der Waals surface area (Å²) in [5.74, 6) is -0.324. The van der Waals surface area contributed by atoms with E-state index >= 15 is 0 Å². The van der Waals surface area contributed by atoms with Crippen molar-refractivity contribution in [3.05, 3.63) is 52.6 Å². The van der Waals surface area contributed by atoms with E-state index in [1.54, 1.807) is 0 Å². The summed E-state index contributed by atoms with van der Waals surface area (Å²) in [5, 5.41) is 13.5. The van der Waals surface area contributed by atoms with Gasteiger partial charge in [-0.1, -0.05) is 13.8 Å². The van der Waals surface area contributed by atoms with Gasteiger partial charge >= 0.3 is 0 Å². The first-order chi connectivity index (χ1) is 9.17. The molecule has 0 radical (unpaired) electrons. The minimum absolute atomic E-state index is 0.324. The van der Waals surface area contributed by atoms with Crippen molar-refractivity contribution < 1.29 is 4.39 Å². The lowest BCUT2D eigenvalue weighted by Crippen LogP contribution is -2.07. The number of hydrogen-bond donors (Lipinski definition) is 0. The molecule has 0 saturated carbocycles. The van der Waals surface area contributed by atoms with Crippen molar-refractivity contribution in [2.24, 2.45) is 0 Å². The van der Waals surface area contributed by atoms with Crippen molar-refractivity contribution in [2.75, 3.05) is 0 Å². The fourth-order valence-corrected chi connectivity index (χ4v) is 2.07. The second-order valence-electron chi connectivity index (χ2n) is 4.41. The predicted octanol–water partition coefficient (Wildman–Crippen LogP) is 3.07. The lowest BCUT2D eigenvalue weighted by Gasteiger charge is -2.08. The maximum atomic E-state index is 13.3. The van der Waals surface area contributed by atoms with E-state index in [4.69, 9.17) is 5.26 Å². The number of hydrogen-bond acceptors (Lipinski definition) is 2. The van der Waals surface area contributed by atoms with E-state index in [-0.39, 0.29) is 5.82 Å². The highest BCUT2D eigenvalue weighted by molar-refractivity contribution is 5.38. The van der Waals surface area contributed by atoms with Crippen LogP contribution in [0.2, 0.25) is 0 Å². The lowest BCUT2D eigenvalue weighted by molar-refractivity contribution is 0.610. The number of benzene rings is 1. The van der Waals surface area contributed by atoms with Gasteiger partial charge in [-0.25, -0.2) is 4.39 Å². The summed E-state index contributed by atoms with van der Waals surface area (Å²) in [7, 11) is 0. The Bertz CT molecular complexity index is 623. The first-order valence-corrected chi connectivity index (χ1v) is 6.42. The molecule has 0 bridgehead atoms. The lowest BCUT2D eigenvalue weighted by atomic mass is 10.1. The molecule has 2 rings (SSSR count). The molecule has 1 aromatic carbocycles. The summed E-state index contributed by atoms with van der Waals surface area (Å²) in [4.78, 5) is 0. The fourth-order valence-electron chi connectivity index (χ4n) is 2.07. The van der Waals surface area contributed by atoms with Gasteiger partial charge in [0, 0.05) is 5.69 Å². The molecule has 3 nitrogen and oxygen atoms in total. The molecule has 1 aromatic heterocycles. The molecule has 4 heteroatoms. The number of rotatable bonds is 4. The Kier molecular flexibility index (Phi) is 3.96. The van der Waals surface area contributed by atoms with Gasteiger partial charge in [0.05, 0.1) is 23.9 Å². The van der Waals surface area contributed by atoms with Crippen LogP contribution >= 0.6 is 0 Å². The molecule has 0 aliphatic carbocycles. The highest BCUT2D eigenvalue weighted by Gasteiger charge is 2.09. The van der Waals surface area contributed by atoms with Crippen LogP contribution < -0.4 is 0 Å². The van der Waals surface area contributed by atoms with E-state index in [0.717, 1.165) is 24.2 Å². The van der Waals surface area contributed by atoms with Crippen molar-refractivity contribution in [1.82, 2.24) is 9.78 Å². The molecule has 19 heavy (non-hydrogen) atoms. The van der Waals surface area contributed by atoms with Crippen molar-refractivity contribution in [2.45, 2.75) is 33.2 Å². The van der Waals surface area contributed by atoms with Gasteiger partial charge in [0.2, 0.25) is 0 Å². The highest BCUT2D eigenvalue weighted by atomic mass is 19.1. The zero-order valence-electron chi connectivity index (χ0n) is 11.2. The van der Waals surface area contributed by atoms with E-state index in [9.17, 15) is 4.39 Å². The van der Waals surface area contributed by atoms with E-state index in [2.05, 4.69) is 31.1 Å². The normalized spacial score (nSPS) is 10.4. The maximum absolute atomic E-state index is 13.3. The molecule has 0 fully saturated rings. The number of aryl methyl sites for hydroxylation is 2. The van der Waals surface area contributed by atoms with Gasteiger partial charge in [0.1, 0.15) is 5.82 Å². The van der Waals surface area contributed by atoms with Gasteiger partial charge in [-0.15, -0.1) is 0 Å². The van der Waals surface area contributed by atoms with Crippen LogP contribution in [-0.2, 0) is 19.4 Å². The van der Waals surface area contributed by atoms with Crippen LogP contribution in [-0.4, -0.2) is 9.78 Å². The summed E-state index contributed by atoms with van der Waals surface area (Å²) in [6.07, 6.45) is 1.73. The zero-order chi connectivity index (χ0) is 13.8. The summed E-state index contributed by atoms with van der Waals surface area (Å²) in [5.41, 5.74) is 3.29. The second-order valence-corrected chi connectivity index (χ2v) is 4.41. The Hall–Kier alpha value is -2.15. The SMILES string of the molecule is CCc1cc(CC)n(Cc2cc(F)ccc2C#N)n1. The molecule has 0 atom stereocenters. The topological polar surface area (TPSA) is 41.6 Å². The van der Waals surface area contributed by atoms with Crippen LogP contribution in [0.5, 0.6) is 0 Å². The molecular weight excluding hydrogens is 241 g/mol. The summed E-state index contributed by atoms with van der Waals surface area (Å²) in [6.45, 7) is 4.54. The first kappa shape index (κ1) is 13.3. The zero-order valence-corrected chi connectivity index (χ0v) is 11.2. The number of aromatic nitrogens is 2. The van der Waals surface area contributed by atoms with Gasteiger partial charge in [-0.3, -0.25) is 4.68 Å². The first-order valence-electron chi connectivity index (χ1n) is 6.42. The average molecular weight is 257 g/mol. The van der Waals surface area contributed by atoms with Crippen LogP contribution in [0.3, 0.4) is 0 Å². The van der Waals surface area contributed by atoms with Crippen LogP contribution in [0.1, 0.15) is 36.4 Å². The fraction of sp³-hybridized carbons (Fsp3) is 0.333. The Labute approximate surface area is 112 Å².